The summed E-state index contributed by atoms with van der Waals surface area (Å²) in [6, 6.07) is 12.6. The van der Waals surface area contributed by atoms with E-state index in [0.29, 0.717) is 30.9 Å². The van der Waals surface area contributed by atoms with E-state index in [4.69, 9.17) is 5.73 Å². The fraction of sp³-hybridized carbons (Fsp3) is 0.250. The van der Waals surface area contributed by atoms with Gasteiger partial charge in [-0.3, -0.25) is 28.7 Å². The molecule has 0 fully saturated rings. The van der Waals surface area contributed by atoms with Crippen LogP contribution in [0.2, 0.25) is 0 Å². The monoisotopic (exact) mass is 620 g/mol. The Labute approximate surface area is 260 Å². The molecule has 0 saturated carbocycles. The van der Waals surface area contributed by atoms with Gasteiger partial charge in [0, 0.05) is 31.3 Å². The molecule has 1 atom stereocenters. The molecule has 1 aliphatic carbocycles. The molecule has 2 amide bonds. The number of aryl methyl sites for hydroxylation is 2. The van der Waals surface area contributed by atoms with Crippen molar-refractivity contribution in [2.75, 3.05) is 17.2 Å². The molecule has 232 valence electrons. The van der Waals surface area contributed by atoms with Crippen LogP contribution in [-0.2, 0) is 25.9 Å². The van der Waals surface area contributed by atoms with Crippen molar-refractivity contribution < 1.29 is 14.1 Å². The molecule has 1 aliphatic heterocycles. The average molecular weight is 621 g/mol. The minimum Gasteiger partial charge on any atom is -0.394 e. The fourth-order valence-corrected chi connectivity index (χ4v) is 6.21. The molecule has 14 heteroatoms. The van der Waals surface area contributed by atoms with Crippen LogP contribution >= 0.6 is 0 Å². The smallest absolute Gasteiger partial charge is 0.394 e. The van der Waals surface area contributed by atoms with Crippen LogP contribution in [0.25, 0.3) is 11.4 Å². The minimum atomic E-state index is -0.635. The van der Waals surface area contributed by atoms with Crippen LogP contribution in [0.5, 0.6) is 0 Å². The van der Waals surface area contributed by atoms with E-state index in [2.05, 4.69) is 35.3 Å². The van der Waals surface area contributed by atoms with Crippen LogP contribution in [0.1, 0.15) is 67.7 Å². The van der Waals surface area contributed by atoms with Crippen molar-refractivity contribution in [1.82, 2.24) is 30.7 Å². The number of hydrogen-bond acceptors (Lipinski definition) is 11. The van der Waals surface area contributed by atoms with Crippen LogP contribution in [0.15, 0.2) is 67.7 Å². The number of hydrogen-bond donors (Lipinski definition) is 4. The maximum absolute atomic E-state index is 13.1. The van der Waals surface area contributed by atoms with Gasteiger partial charge in [0.05, 0.1) is 6.04 Å². The molecule has 0 saturated heterocycles. The molecule has 2 aliphatic rings. The molecular formula is C32H28N8O6. The van der Waals surface area contributed by atoms with Gasteiger partial charge in [0.25, 0.3) is 22.7 Å². The number of aromatic nitrogens is 4. The van der Waals surface area contributed by atoms with Gasteiger partial charge in [0.1, 0.15) is 29.1 Å². The Kier molecular flexibility index (Phi) is 7.23. The summed E-state index contributed by atoms with van der Waals surface area (Å²) in [6.45, 7) is 1.26. The van der Waals surface area contributed by atoms with E-state index in [0.717, 1.165) is 47.1 Å². The van der Waals surface area contributed by atoms with Crippen molar-refractivity contribution in [3.05, 3.63) is 119 Å². The Bertz CT molecular complexity index is 2140. The van der Waals surface area contributed by atoms with Crippen LogP contribution in [0.3, 0.4) is 0 Å². The van der Waals surface area contributed by atoms with E-state index in [1.54, 1.807) is 6.07 Å². The Morgan fingerprint density at radius 1 is 0.957 bits per heavy atom. The molecule has 0 bridgehead atoms. The predicted molar refractivity (Wildman–Crippen MR) is 166 cm³/mol. The zero-order valence-electron chi connectivity index (χ0n) is 24.5. The molecule has 0 unspecified atom stereocenters. The first kappa shape index (κ1) is 28.8. The lowest BCUT2D eigenvalue weighted by Gasteiger charge is -2.25. The highest BCUT2D eigenvalue weighted by atomic mass is 16.5. The van der Waals surface area contributed by atoms with Gasteiger partial charge in [0.2, 0.25) is 0 Å². The highest BCUT2D eigenvalue weighted by molar-refractivity contribution is 5.97. The molecule has 3 aromatic carbocycles. The molecule has 0 radical (unpaired) electrons. The average Bonchev–Trinajstić information content (AvgIpc) is 3.63. The number of nitrogen functional groups attached to an aromatic ring is 1. The van der Waals surface area contributed by atoms with Gasteiger partial charge in [-0.25, -0.2) is 14.8 Å². The van der Waals surface area contributed by atoms with Crippen molar-refractivity contribution >= 4 is 23.2 Å². The number of carbonyl (C=O) groups is 2. The molecule has 7 rings (SSSR count). The van der Waals surface area contributed by atoms with Crippen LogP contribution in [0, 0.1) is 0 Å². The highest BCUT2D eigenvalue weighted by Crippen LogP contribution is 2.33. The van der Waals surface area contributed by atoms with Crippen molar-refractivity contribution in [2.24, 2.45) is 0 Å². The minimum absolute atomic E-state index is 0.0140. The quantitative estimate of drug-likeness (QED) is 0.191. The number of H-pyrrole nitrogens is 1. The first-order valence-electron chi connectivity index (χ1n) is 14.8. The maximum atomic E-state index is 13.1. The lowest BCUT2D eigenvalue weighted by Crippen LogP contribution is -2.42. The van der Waals surface area contributed by atoms with Crippen molar-refractivity contribution in [1.29, 1.82) is 0 Å². The summed E-state index contributed by atoms with van der Waals surface area (Å²) in [6.07, 6.45) is 4.21. The lowest BCUT2D eigenvalue weighted by atomic mass is 10.0. The van der Waals surface area contributed by atoms with Crippen molar-refractivity contribution in [3.8, 4) is 11.4 Å². The topological polar surface area (TPSA) is 206 Å². The van der Waals surface area contributed by atoms with Crippen LogP contribution in [-0.4, -0.2) is 38.5 Å². The fourth-order valence-electron chi connectivity index (χ4n) is 6.21. The van der Waals surface area contributed by atoms with Gasteiger partial charge in [-0.2, -0.15) is 0 Å². The second-order valence-corrected chi connectivity index (χ2v) is 11.4. The maximum Gasteiger partial charge on any atom is 0.439 e. The standard InChI is InChI=1S/C32H28N8O6/c33-25-26(28(42)27(25)41)40-9-1-2-17-4-3-16(10-20(17)14-40)13-34-30(43)23-12-24(36-15-35-23)31(44)37-22-8-6-18-11-19(5-7-21(18)22)29-38-32(45)46-39-29/h3-5,7,10-12,15,22H,1-2,6,8-9,13-14,33H2,(H,34,43)(H,37,44)(H,38,39,45)/t22-/m0/s1. The number of fused-ring (bicyclic) bond motifs is 2. The van der Waals surface area contributed by atoms with Gasteiger partial charge in [0.15, 0.2) is 5.82 Å². The number of rotatable bonds is 7. The molecular weight excluding hydrogens is 592 g/mol. The lowest BCUT2D eigenvalue weighted by molar-refractivity contribution is 0.0931. The van der Waals surface area contributed by atoms with Gasteiger partial charge in [-0.05, 0) is 59.6 Å². The number of nitrogens with zero attached hydrogens (tertiary/aromatic N) is 4. The molecule has 5 N–H and O–H groups in total. The number of amides is 2. The zero-order valence-corrected chi connectivity index (χ0v) is 24.5. The summed E-state index contributed by atoms with van der Waals surface area (Å²) in [5, 5.41) is 9.57. The van der Waals surface area contributed by atoms with E-state index in [1.165, 1.54) is 12.4 Å². The Morgan fingerprint density at radius 3 is 2.57 bits per heavy atom. The second-order valence-electron chi connectivity index (χ2n) is 11.4. The number of carbonyl (C=O) groups excluding carboxylic acids is 2. The van der Waals surface area contributed by atoms with Gasteiger partial charge in [-0.1, -0.05) is 35.5 Å². The van der Waals surface area contributed by atoms with Crippen LogP contribution in [0.4, 0.5) is 11.4 Å². The summed E-state index contributed by atoms with van der Waals surface area (Å²) in [5.41, 5.74) is 10.7. The molecule has 3 heterocycles. The van der Waals surface area contributed by atoms with Crippen molar-refractivity contribution in [2.45, 2.75) is 44.8 Å². The van der Waals surface area contributed by atoms with E-state index >= 15 is 0 Å². The molecule has 5 aromatic rings. The number of anilines is 2. The normalized spacial score (nSPS) is 15.7. The largest absolute Gasteiger partial charge is 0.439 e. The summed E-state index contributed by atoms with van der Waals surface area (Å²) >= 11 is 0. The molecule has 14 nitrogen and oxygen atoms in total. The third-order valence-corrected chi connectivity index (χ3v) is 8.57. The number of benzene rings is 2. The Balaban J connectivity index is 0.991. The number of nitrogens with two attached hydrogens (primary N) is 1. The highest BCUT2D eigenvalue weighted by Gasteiger charge is 2.27. The van der Waals surface area contributed by atoms with Crippen LogP contribution < -0.4 is 37.9 Å². The van der Waals surface area contributed by atoms with Gasteiger partial charge in [-0.15, -0.1) is 0 Å². The third kappa shape index (κ3) is 5.33. The van der Waals surface area contributed by atoms with Crippen molar-refractivity contribution in [3.63, 3.8) is 0 Å². The number of aromatic amines is 1. The number of nitrogens with one attached hydrogen (secondary N) is 3. The second kappa shape index (κ2) is 11.5. The molecule has 2 aromatic heterocycles. The Hall–Kier alpha value is -5.92. The van der Waals surface area contributed by atoms with Gasteiger partial charge < -0.3 is 21.3 Å². The molecule has 0 spiro atoms. The van der Waals surface area contributed by atoms with E-state index in [-0.39, 0.29) is 35.3 Å². The van der Waals surface area contributed by atoms with E-state index in [1.807, 2.05) is 35.2 Å². The summed E-state index contributed by atoms with van der Waals surface area (Å²) in [7, 11) is 0. The van der Waals surface area contributed by atoms with E-state index in [9.17, 15) is 24.0 Å². The first-order valence-corrected chi connectivity index (χ1v) is 14.8. The SMILES string of the molecule is Nc1c(N2CCCc3ccc(CNC(=O)c4cc(C(=O)N[C@H]5CCc6cc(-c7noc(=O)[nH]7)ccc65)ncn4)cc3C2)c(=O)c1=O. The zero-order chi connectivity index (χ0) is 31.9. The molecule has 46 heavy (non-hydrogen) atoms. The predicted octanol–water partition coefficient (Wildman–Crippen LogP) is 1.30. The van der Waals surface area contributed by atoms with E-state index < -0.39 is 28.4 Å². The summed E-state index contributed by atoms with van der Waals surface area (Å²) in [5.74, 6) is -1.19. The first-order chi connectivity index (χ1) is 22.2. The summed E-state index contributed by atoms with van der Waals surface area (Å²) < 4.78 is 4.59. The van der Waals surface area contributed by atoms with Gasteiger partial charge >= 0.3 is 5.76 Å². The Morgan fingerprint density at radius 2 is 1.78 bits per heavy atom. The third-order valence-electron chi connectivity index (χ3n) is 8.57. The summed E-state index contributed by atoms with van der Waals surface area (Å²) in [4.78, 5) is 73.7.